The van der Waals surface area contributed by atoms with Gasteiger partial charge in [-0.05, 0) is 42.2 Å². The molecule has 0 aliphatic carbocycles. The number of carbonyl (C=O) groups is 1. The molecule has 1 amide bonds. The molecule has 0 fully saturated rings. The van der Waals surface area contributed by atoms with E-state index in [1.165, 1.54) is 0 Å². The summed E-state index contributed by atoms with van der Waals surface area (Å²) in [6, 6.07) is 16.7. The highest BCUT2D eigenvalue weighted by Gasteiger charge is 2.14. The first kappa shape index (κ1) is 21.0. The predicted octanol–water partition coefficient (Wildman–Crippen LogP) is 4.51. The number of methoxy groups -OCH3 is 1. The predicted molar refractivity (Wildman–Crippen MR) is 110 cm³/mol. The molecule has 5 heteroatoms. The summed E-state index contributed by atoms with van der Waals surface area (Å²) in [5, 5.41) is 12.3. The number of nitrogens with one attached hydrogen (secondary N) is 1. The van der Waals surface area contributed by atoms with Crippen molar-refractivity contribution < 1.29 is 14.3 Å². The number of benzene rings is 2. The Morgan fingerprint density at radius 1 is 1.14 bits per heavy atom. The van der Waals surface area contributed by atoms with Gasteiger partial charge in [-0.3, -0.25) is 4.79 Å². The van der Waals surface area contributed by atoms with Crippen LogP contribution in [0.15, 0.2) is 54.1 Å². The average Bonchev–Trinajstić information content (AvgIpc) is 2.70. The van der Waals surface area contributed by atoms with Crippen LogP contribution in [-0.4, -0.2) is 19.6 Å². The van der Waals surface area contributed by atoms with Gasteiger partial charge in [-0.1, -0.05) is 50.2 Å². The molecule has 0 unspecified atom stereocenters. The lowest BCUT2D eigenvalue weighted by atomic mass is 10.1. The Morgan fingerprint density at radius 3 is 2.46 bits per heavy atom. The minimum absolute atomic E-state index is 0.0303. The van der Waals surface area contributed by atoms with Crippen LogP contribution in [0, 0.1) is 17.2 Å². The highest BCUT2D eigenvalue weighted by Crippen LogP contribution is 2.29. The largest absolute Gasteiger partial charge is 0.493 e. The van der Waals surface area contributed by atoms with Crippen LogP contribution in [0.2, 0.25) is 0 Å². The zero-order valence-corrected chi connectivity index (χ0v) is 16.7. The van der Waals surface area contributed by atoms with Crippen LogP contribution in [0.1, 0.15) is 37.9 Å². The summed E-state index contributed by atoms with van der Waals surface area (Å²) in [4.78, 5) is 12.5. The molecule has 0 saturated heterocycles. The van der Waals surface area contributed by atoms with E-state index in [1.807, 2.05) is 43.3 Å². The number of nitriles is 1. The summed E-state index contributed by atoms with van der Waals surface area (Å²) >= 11 is 0. The first-order chi connectivity index (χ1) is 13.4. The Hall–Kier alpha value is -3.26. The first-order valence-corrected chi connectivity index (χ1v) is 9.23. The quantitative estimate of drug-likeness (QED) is 0.542. The van der Waals surface area contributed by atoms with Crippen LogP contribution < -0.4 is 14.8 Å². The maximum absolute atomic E-state index is 12.5. The van der Waals surface area contributed by atoms with Crippen LogP contribution in [0.5, 0.6) is 11.5 Å². The highest BCUT2D eigenvalue weighted by molar-refractivity contribution is 6.01. The maximum Gasteiger partial charge on any atom is 0.262 e. The number of amides is 1. The highest BCUT2D eigenvalue weighted by atomic mass is 16.5. The fourth-order valence-electron chi connectivity index (χ4n) is 2.57. The molecule has 2 rings (SSSR count). The third kappa shape index (κ3) is 5.88. The second-order valence-corrected chi connectivity index (χ2v) is 6.89. The molecule has 1 N–H and O–H groups in total. The molecule has 0 aliphatic heterocycles. The number of rotatable bonds is 8. The van der Waals surface area contributed by atoms with Gasteiger partial charge in [-0.15, -0.1) is 0 Å². The van der Waals surface area contributed by atoms with E-state index in [-0.39, 0.29) is 11.6 Å². The fraction of sp³-hybridized carbons (Fsp3) is 0.304. The van der Waals surface area contributed by atoms with Crippen LogP contribution in [0.4, 0.5) is 0 Å². The van der Waals surface area contributed by atoms with Gasteiger partial charge in [0.15, 0.2) is 11.5 Å². The lowest BCUT2D eigenvalue weighted by molar-refractivity contribution is -0.117. The van der Waals surface area contributed by atoms with Gasteiger partial charge in [0.2, 0.25) is 0 Å². The zero-order chi connectivity index (χ0) is 20.5. The van der Waals surface area contributed by atoms with E-state index in [4.69, 9.17) is 9.47 Å². The lowest BCUT2D eigenvalue weighted by Crippen LogP contribution is -2.27. The maximum atomic E-state index is 12.5. The zero-order valence-electron chi connectivity index (χ0n) is 16.7. The smallest absolute Gasteiger partial charge is 0.262 e. The molecule has 0 aliphatic rings. The lowest BCUT2D eigenvalue weighted by Gasteiger charge is -2.14. The van der Waals surface area contributed by atoms with Gasteiger partial charge in [0.1, 0.15) is 11.6 Å². The van der Waals surface area contributed by atoms with Gasteiger partial charge in [0.25, 0.3) is 5.91 Å². The normalized spacial score (nSPS) is 12.2. The summed E-state index contributed by atoms with van der Waals surface area (Å²) in [5.74, 6) is 1.14. The van der Waals surface area contributed by atoms with E-state index in [2.05, 4.69) is 19.2 Å². The van der Waals surface area contributed by atoms with Gasteiger partial charge in [-0.25, -0.2) is 0 Å². The van der Waals surface area contributed by atoms with Crippen molar-refractivity contribution in [3.8, 4) is 17.6 Å². The van der Waals surface area contributed by atoms with Crippen molar-refractivity contribution in [2.45, 2.75) is 26.8 Å². The summed E-state index contributed by atoms with van der Waals surface area (Å²) in [5.41, 5.74) is 1.70. The van der Waals surface area contributed by atoms with Crippen LogP contribution >= 0.6 is 0 Å². The molecule has 146 valence electrons. The van der Waals surface area contributed by atoms with Gasteiger partial charge >= 0.3 is 0 Å². The Kier molecular flexibility index (Phi) is 7.65. The molecule has 5 nitrogen and oxygen atoms in total. The molecule has 28 heavy (non-hydrogen) atoms. The first-order valence-electron chi connectivity index (χ1n) is 9.23. The van der Waals surface area contributed by atoms with Gasteiger partial charge in [0, 0.05) is 0 Å². The molecule has 2 aromatic carbocycles. The summed E-state index contributed by atoms with van der Waals surface area (Å²) in [7, 11) is 1.58. The number of carbonyl (C=O) groups excluding carboxylic acids is 1. The molecule has 0 aromatic heterocycles. The molecule has 1 atom stereocenters. The SMILES string of the molecule is COc1ccc(/C=C(\C#N)C(=O)N[C@@H](C)c2ccccc2)cc1OCC(C)C. The van der Waals surface area contributed by atoms with Crippen LogP contribution in [-0.2, 0) is 4.79 Å². The Morgan fingerprint density at radius 2 is 1.86 bits per heavy atom. The Bertz CT molecular complexity index is 867. The second kappa shape index (κ2) is 10.2. The Balaban J connectivity index is 2.19. The van der Waals surface area contributed by atoms with Crippen molar-refractivity contribution in [2.24, 2.45) is 5.92 Å². The number of ether oxygens (including phenoxy) is 2. The van der Waals surface area contributed by atoms with E-state index in [0.717, 1.165) is 5.56 Å². The van der Waals surface area contributed by atoms with Gasteiger partial charge in [-0.2, -0.15) is 5.26 Å². The topological polar surface area (TPSA) is 71.3 Å². The second-order valence-electron chi connectivity index (χ2n) is 6.89. The van der Waals surface area contributed by atoms with Crippen molar-refractivity contribution in [2.75, 3.05) is 13.7 Å². The monoisotopic (exact) mass is 378 g/mol. The Labute approximate surface area is 166 Å². The van der Waals surface area contributed by atoms with Crippen molar-refractivity contribution in [1.82, 2.24) is 5.32 Å². The van der Waals surface area contributed by atoms with E-state index >= 15 is 0 Å². The number of hydrogen-bond acceptors (Lipinski definition) is 4. The summed E-state index contributed by atoms with van der Waals surface area (Å²) < 4.78 is 11.1. The van der Waals surface area contributed by atoms with Crippen molar-refractivity contribution >= 4 is 12.0 Å². The molecular weight excluding hydrogens is 352 g/mol. The van der Waals surface area contributed by atoms with Gasteiger partial charge in [0.05, 0.1) is 19.8 Å². The molecule has 0 heterocycles. The molecule has 0 bridgehead atoms. The molecule has 0 radical (unpaired) electrons. The van der Waals surface area contributed by atoms with E-state index in [1.54, 1.807) is 31.4 Å². The van der Waals surface area contributed by atoms with E-state index in [0.29, 0.717) is 29.6 Å². The minimum Gasteiger partial charge on any atom is -0.493 e. The van der Waals surface area contributed by atoms with Crippen molar-refractivity contribution in [3.05, 3.63) is 65.2 Å². The molecular formula is C23H26N2O3. The number of nitrogens with zero attached hydrogens (tertiary/aromatic N) is 1. The molecule has 0 saturated carbocycles. The molecule has 0 spiro atoms. The van der Waals surface area contributed by atoms with Crippen molar-refractivity contribution in [1.29, 1.82) is 5.26 Å². The average molecular weight is 378 g/mol. The van der Waals surface area contributed by atoms with Crippen molar-refractivity contribution in [3.63, 3.8) is 0 Å². The van der Waals surface area contributed by atoms with Crippen LogP contribution in [0.25, 0.3) is 6.08 Å². The van der Waals surface area contributed by atoms with Crippen LogP contribution in [0.3, 0.4) is 0 Å². The third-order valence-corrected chi connectivity index (χ3v) is 4.08. The molecule has 2 aromatic rings. The standard InChI is InChI=1S/C23H26N2O3/c1-16(2)15-28-22-13-18(10-11-21(22)27-4)12-20(14-24)23(26)25-17(3)19-8-6-5-7-9-19/h5-13,16-17H,15H2,1-4H3,(H,25,26)/b20-12+/t17-/m0/s1. The number of hydrogen-bond donors (Lipinski definition) is 1. The minimum atomic E-state index is -0.417. The summed E-state index contributed by atoms with van der Waals surface area (Å²) in [6.45, 7) is 6.54. The van der Waals surface area contributed by atoms with Gasteiger partial charge < -0.3 is 14.8 Å². The third-order valence-electron chi connectivity index (χ3n) is 4.08. The summed E-state index contributed by atoms with van der Waals surface area (Å²) in [6.07, 6.45) is 1.55. The van der Waals surface area contributed by atoms with E-state index < -0.39 is 5.91 Å². The van der Waals surface area contributed by atoms with E-state index in [9.17, 15) is 10.1 Å². The fourth-order valence-corrected chi connectivity index (χ4v) is 2.57.